The number of hydrogen-bond donors (Lipinski definition) is 1. The van der Waals surface area contributed by atoms with E-state index in [0.29, 0.717) is 0 Å². The Bertz CT molecular complexity index is 318. The minimum absolute atomic E-state index is 0.839. The Kier molecular flexibility index (Phi) is 4.23. The maximum absolute atomic E-state index is 5.34. The van der Waals surface area contributed by atoms with E-state index in [0.717, 1.165) is 11.7 Å². The fourth-order valence-electron chi connectivity index (χ4n) is 2.25. The highest BCUT2D eigenvalue weighted by molar-refractivity contribution is 5.38. The molecule has 0 unspecified atom stereocenters. The first kappa shape index (κ1) is 11.5. The predicted molar refractivity (Wildman–Crippen MR) is 66.6 cm³/mol. The van der Waals surface area contributed by atoms with Gasteiger partial charge in [0.05, 0.1) is 7.11 Å². The lowest BCUT2D eigenvalue weighted by Crippen LogP contribution is -2.27. The molecule has 1 aromatic carbocycles. The van der Waals surface area contributed by atoms with E-state index >= 15 is 0 Å². The maximum Gasteiger partial charge on any atom is 0.122 e. The molecule has 1 fully saturated rings. The van der Waals surface area contributed by atoms with Crippen LogP contribution in [0.4, 0.5) is 0 Å². The number of para-hydroxylation sites is 1. The SMILES string of the molecule is COc1ccccc1[CH]CC1CCNCC1. The van der Waals surface area contributed by atoms with E-state index < -0.39 is 0 Å². The van der Waals surface area contributed by atoms with Gasteiger partial charge in [-0.05, 0) is 56.3 Å². The lowest BCUT2D eigenvalue weighted by Gasteiger charge is -2.22. The van der Waals surface area contributed by atoms with Crippen molar-refractivity contribution in [2.24, 2.45) is 5.92 Å². The molecular formula is C14H20NO. The summed E-state index contributed by atoms with van der Waals surface area (Å²) >= 11 is 0. The third kappa shape index (κ3) is 2.99. The lowest BCUT2D eigenvalue weighted by molar-refractivity contribution is 0.369. The van der Waals surface area contributed by atoms with Crippen molar-refractivity contribution in [2.75, 3.05) is 20.2 Å². The highest BCUT2D eigenvalue weighted by Crippen LogP contribution is 2.25. The smallest absolute Gasteiger partial charge is 0.122 e. The molecule has 0 atom stereocenters. The van der Waals surface area contributed by atoms with Gasteiger partial charge in [-0.3, -0.25) is 0 Å². The van der Waals surface area contributed by atoms with Crippen LogP contribution >= 0.6 is 0 Å². The van der Waals surface area contributed by atoms with Crippen LogP contribution in [0.25, 0.3) is 0 Å². The van der Waals surface area contributed by atoms with Crippen LogP contribution in [0.15, 0.2) is 24.3 Å². The average molecular weight is 218 g/mol. The summed E-state index contributed by atoms with van der Waals surface area (Å²) in [6.07, 6.45) is 6.08. The van der Waals surface area contributed by atoms with E-state index in [-0.39, 0.29) is 0 Å². The lowest BCUT2D eigenvalue weighted by atomic mass is 9.91. The van der Waals surface area contributed by atoms with Crippen LogP contribution in [0, 0.1) is 12.3 Å². The van der Waals surface area contributed by atoms with Crippen molar-refractivity contribution in [3.8, 4) is 5.75 Å². The molecule has 87 valence electrons. The number of hydrogen-bond acceptors (Lipinski definition) is 2. The molecule has 0 saturated carbocycles. The summed E-state index contributed by atoms with van der Waals surface area (Å²) in [6, 6.07) is 8.23. The number of rotatable bonds is 4. The molecule has 1 radical (unpaired) electrons. The molecule has 1 heterocycles. The van der Waals surface area contributed by atoms with Crippen molar-refractivity contribution in [1.29, 1.82) is 0 Å². The van der Waals surface area contributed by atoms with Crippen LogP contribution in [0.1, 0.15) is 24.8 Å². The number of benzene rings is 1. The van der Waals surface area contributed by atoms with Crippen LogP contribution in [0.3, 0.4) is 0 Å². The van der Waals surface area contributed by atoms with Crippen LogP contribution in [-0.2, 0) is 0 Å². The van der Waals surface area contributed by atoms with Crippen molar-refractivity contribution in [3.63, 3.8) is 0 Å². The normalized spacial score (nSPS) is 17.3. The summed E-state index contributed by atoms with van der Waals surface area (Å²) in [7, 11) is 1.73. The van der Waals surface area contributed by atoms with Gasteiger partial charge >= 0.3 is 0 Å². The summed E-state index contributed by atoms with van der Waals surface area (Å²) in [5.41, 5.74) is 1.23. The molecule has 1 aliphatic rings. The summed E-state index contributed by atoms with van der Waals surface area (Å²) in [6.45, 7) is 2.34. The standard InChI is InChI=1S/C14H20NO/c1-16-14-5-3-2-4-13(14)7-6-12-8-10-15-11-9-12/h2-5,7,12,15H,6,8-11H2,1H3. The van der Waals surface area contributed by atoms with E-state index in [9.17, 15) is 0 Å². The predicted octanol–water partition coefficient (Wildman–Crippen LogP) is 2.64. The Morgan fingerprint density at radius 2 is 2.06 bits per heavy atom. The minimum Gasteiger partial charge on any atom is -0.496 e. The average Bonchev–Trinajstić information content (AvgIpc) is 2.38. The van der Waals surface area contributed by atoms with Crippen molar-refractivity contribution in [1.82, 2.24) is 5.32 Å². The fraction of sp³-hybridized carbons (Fsp3) is 0.500. The van der Waals surface area contributed by atoms with Gasteiger partial charge in [-0.25, -0.2) is 0 Å². The van der Waals surface area contributed by atoms with E-state index in [2.05, 4.69) is 23.9 Å². The zero-order valence-electron chi connectivity index (χ0n) is 9.91. The molecule has 1 aromatic rings. The van der Waals surface area contributed by atoms with Gasteiger partial charge < -0.3 is 10.1 Å². The van der Waals surface area contributed by atoms with E-state index in [1.807, 2.05) is 12.1 Å². The quantitative estimate of drug-likeness (QED) is 0.839. The minimum atomic E-state index is 0.839. The summed E-state index contributed by atoms with van der Waals surface area (Å²) < 4.78 is 5.34. The van der Waals surface area contributed by atoms with Gasteiger partial charge in [-0.2, -0.15) is 0 Å². The van der Waals surface area contributed by atoms with E-state index in [1.54, 1.807) is 7.11 Å². The van der Waals surface area contributed by atoms with E-state index in [4.69, 9.17) is 4.74 Å². The molecule has 1 saturated heterocycles. The molecule has 0 amide bonds. The van der Waals surface area contributed by atoms with Crippen LogP contribution in [0.5, 0.6) is 5.75 Å². The first-order valence-electron chi connectivity index (χ1n) is 6.07. The van der Waals surface area contributed by atoms with E-state index in [1.165, 1.54) is 37.9 Å². The van der Waals surface area contributed by atoms with Crippen molar-refractivity contribution in [2.45, 2.75) is 19.3 Å². The summed E-state index contributed by atoms with van der Waals surface area (Å²) in [5.74, 6) is 1.82. The molecule has 2 heteroatoms. The van der Waals surface area contributed by atoms with Crippen LogP contribution in [0.2, 0.25) is 0 Å². The van der Waals surface area contributed by atoms with Gasteiger partial charge in [0.2, 0.25) is 0 Å². The maximum atomic E-state index is 5.34. The summed E-state index contributed by atoms with van der Waals surface area (Å²) in [4.78, 5) is 0. The molecular weight excluding hydrogens is 198 g/mol. The van der Waals surface area contributed by atoms with Gasteiger partial charge in [-0.15, -0.1) is 0 Å². The monoisotopic (exact) mass is 218 g/mol. The Hall–Kier alpha value is -1.02. The fourth-order valence-corrected chi connectivity index (χ4v) is 2.25. The number of ether oxygens (including phenoxy) is 1. The van der Waals surface area contributed by atoms with Gasteiger partial charge in [0.25, 0.3) is 0 Å². The second-order valence-electron chi connectivity index (χ2n) is 4.38. The van der Waals surface area contributed by atoms with Crippen molar-refractivity contribution < 1.29 is 4.74 Å². The Morgan fingerprint density at radius 3 is 2.81 bits per heavy atom. The number of piperidine rings is 1. The first-order chi connectivity index (χ1) is 7.90. The largest absolute Gasteiger partial charge is 0.496 e. The Morgan fingerprint density at radius 1 is 1.31 bits per heavy atom. The Balaban J connectivity index is 1.88. The van der Waals surface area contributed by atoms with Crippen molar-refractivity contribution in [3.05, 3.63) is 36.2 Å². The second-order valence-corrected chi connectivity index (χ2v) is 4.38. The molecule has 0 aromatic heterocycles. The second kappa shape index (κ2) is 5.90. The first-order valence-corrected chi connectivity index (χ1v) is 6.07. The molecule has 1 aliphatic heterocycles. The van der Waals surface area contributed by atoms with Gasteiger partial charge in [0.15, 0.2) is 0 Å². The topological polar surface area (TPSA) is 21.3 Å². The molecule has 2 nitrogen and oxygen atoms in total. The highest BCUT2D eigenvalue weighted by atomic mass is 16.5. The zero-order valence-corrected chi connectivity index (χ0v) is 9.91. The number of nitrogens with one attached hydrogen (secondary N) is 1. The molecule has 0 bridgehead atoms. The molecule has 1 N–H and O–H groups in total. The third-order valence-corrected chi connectivity index (χ3v) is 3.27. The third-order valence-electron chi connectivity index (χ3n) is 3.27. The van der Waals surface area contributed by atoms with Crippen LogP contribution < -0.4 is 10.1 Å². The van der Waals surface area contributed by atoms with Crippen molar-refractivity contribution >= 4 is 0 Å². The highest BCUT2D eigenvalue weighted by Gasteiger charge is 2.13. The molecule has 2 rings (SSSR count). The summed E-state index contributed by atoms with van der Waals surface area (Å²) in [5, 5.41) is 3.40. The van der Waals surface area contributed by atoms with Crippen LogP contribution in [-0.4, -0.2) is 20.2 Å². The molecule has 0 spiro atoms. The Labute approximate surface area is 98.0 Å². The van der Waals surface area contributed by atoms with Gasteiger partial charge in [-0.1, -0.05) is 18.2 Å². The van der Waals surface area contributed by atoms with Gasteiger partial charge in [0, 0.05) is 0 Å². The number of methoxy groups -OCH3 is 1. The zero-order chi connectivity index (χ0) is 11.2. The van der Waals surface area contributed by atoms with Gasteiger partial charge in [0.1, 0.15) is 5.75 Å². The molecule has 16 heavy (non-hydrogen) atoms. The molecule has 0 aliphatic carbocycles.